The van der Waals surface area contributed by atoms with Crippen molar-refractivity contribution in [2.24, 2.45) is 0 Å². The zero-order valence-corrected chi connectivity index (χ0v) is 11.7. The first kappa shape index (κ1) is 14.3. The molecule has 2 rings (SSSR count). The number of hydrogen-bond acceptors (Lipinski definition) is 4. The molecule has 1 aromatic carbocycles. The van der Waals surface area contributed by atoms with Gasteiger partial charge in [0.15, 0.2) is 0 Å². The zero-order valence-electron chi connectivity index (χ0n) is 11.7. The van der Waals surface area contributed by atoms with Gasteiger partial charge in [-0.1, -0.05) is 19.1 Å². The minimum absolute atomic E-state index is 0.246. The van der Waals surface area contributed by atoms with Crippen LogP contribution in [0.1, 0.15) is 31.4 Å². The van der Waals surface area contributed by atoms with Gasteiger partial charge in [-0.2, -0.15) is 0 Å². The standard InChI is InChI=1S/C15H23NO3/c1-3-14(12-4-6-13(18-2)7-5-12)16-10-15(17)8-9-19-11-15/h4-7,14,16-17H,3,8-11H2,1-2H3. The SMILES string of the molecule is CCC(NCC1(O)CCOC1)c1ccc(OC)cc1. The number of methoxy groups -OCH3 is 1. The van der Waals surface area contributed by atoms with Crippen LogP contribution in [0.3, 0.4) is 0 Å². The summed E-state index contributed by atoms with van der Waals surface area (Å²) in [6.45, 7) is 3.78. The topological polar surface area (TPSA) is 50.7 Å². The quantitative estimate of drug-likeness (QED) is 0.824. The van der Waals surface area contributed by atoms with E-state index in [4.69, 9.17) is 9.47 Å². The lowest BCUT2D eigenvalue weighted by Crippen LogP contribution is -2.42. The maximum Gasteiger partial charge on any atom is 0.118 e. The molecule has 1 heterocycles. The van der Waals surface area contributed by atoms with Crippen LogP contribution in [0.15, 0.2) is 24.3 Å². The number of benzene rings is 1. The molecule has 2 atom stereocenters. The highest BCUT2D eigenvalue weighted by Gasteiger charge is 2.32. The van der Waals surface area contributed by atoms with Gasteiger partial charge in [0.05, 0.1) is 13.7 Å². The smallest absolute Gasteiger partial charge is 0.118 e. The van der Waals surface area contributed by atoms with E-state index in [2.05, 4.69) is 24.4 Å². The Hall–Kier alpha value is -1.10. The molecule has 2 unspecified atom stereocenters. The highest BCUT2D eigenvalue weighted by Crippen LogP contribution is 2.22. The molecule has 19 heavy (non-hydrogen) atoms. The van der Waals surface area contributed by atoms with Gasteiger partial charge in [-0.3, -0.25) is 0 Å². The summed E-state index contributed by atoms with van der Waals surface area (Å²) in [7, 11) is 1.67. The predicted octanol–water partition coefficient (Wildman–Crippen LogP) is 1.89. The van der Waals surface area contributed by atoms with Crippen LogP contribution in [0.5, 0.6) is 5.75 Å². The van der Waals surface area contributed by atoms with Crippen LogP contribution in [0.25, 0.3) is 0 Å². The molecule has 2 N–H and O–H groups in total. The summed E-state index contributed by atoms with van der Waals surface area (Å²) in [6, 6.07) is 8.31. The Morgan fingerprint density at radius 3 is 2.68 bits per heavy atom. The molecule has 4 nitrogen and oxygen atoms in total. The van der Waals surface area contributed by atoms with Crippen molar-refractivity contribution < 1.29 is 14.6 Å². The van der Waals surface area contributed by atoms with Crippen LogP contribution in [-0.2, 0) is 4.74 Å². The fourth-order valence-electron chi connectivity index (χ4n) is 2.38. The molecule has 1 saturated heterocycles. The van der Waals surface area contributed by atoms with Crippen molar-refractivity contribution in [1.82, 2.24) is 5.32 Å². The average molecular weight is 265 g/mol. The summed E-state index contributed by atoms with van der Waals surface area (Å²) >= 11 is 0. The highest BCUT2D eigenvalue weighted by molar-refractivity contribution is 5.29. The Morgan fingerprint density at radius 1 is 1.42 bits per heavy atom. The molecule has 0 aromatic heterocycles. The van der Waals surface area contributed by atoms with Crippen molar-refractivity contribution in [1.29, 1.82) is 0 Å². The Balaban J connectivity index is 1.95. The molecule has 1 fully saturated rings. The number of aliphatic hydroxyl groups is 1. The van der Waals surface area contributed by atoms with Crippen molar-refractivity contribution in [2.45, 2.75) is 31.4 Å². The normalized spacial score (nSPS) is 24.4. The second kappa shape index (κ2) is 6.37. The largest absolute Gasteiger partial charge is 0.497 e. The first-order valence-corrected chi connectivity index (χ1v) is 6.84. The molecule has 0 spiro atoms. The molecule has 1 aliphatic heterocycles. The van der Waals surface area contributed by atoms with Crippen molar-refractivity contribution in [3.05, 3.63) is 29.8 Å². The molecule has 0 amide bonds. The summed E-state index contributed by atoms with van der Waals surface area (Å²) in [5, 5.41) is 13.7. The molecule has 1 aromatic rings. The molecule has 0 saturated carbocycles. The fourth-order valence-corrected chi connectivity index (χ4v) is 2.38. The fraction of sp³-hybridized carbons (Fsp3) is 0.600. The summed E-state index contributed by atoms with van der Waals surface area (Å²) in [6.07, 6.45) is 1.68. The summed E-state index contributed by atoms with van der Waals surface area (Å²) in [4.78, 5) is 0. The molecular formula is C15H23NO3. The van der Waals surface area contributed by atoms with E-state index in [-0.39, 0.29) is 6.04 Å². The van der Waals surface area contributed by atoms with Gasteiger partial charge in [-0.25, -0.2) is 0 Å². The number of ether oxygens (including phenoxy) is 2. The van der Waals surface area contributed by atoms with Crippen LogP contribution in [0.4, 0.5) is 0 Å². The lowest BCUT2D eigenvalue weighted by Gasteiger charge is -2.25. The third kappa shape index (κ3) is 3.69. The van der Waals surface area contributed by atoms with E-state index in [0.717, 1.165) is 12.2 Å². The second-order valence-corrected chi connectivity index (χ2v) is 5.14. The molecule has 0 bridgehead atoms. The van der Waals surface area contributed by atoms with Gasteiger partial charge in [0.2, 0.25) is 0 Å². The van der Waals surface area contributed by atoms with E-state index in [1.807, 2.05) is 12.1 Å². The summed E-state index contributed by atoms with van der Waals surface area (Å²) in [5.74, 6) is 0.862. The molecule has 4 heteroatoms. The van der Waals surface area contributed by atoms with Crippen LogP contribution in [-0.4, -0.2) is 37.6 Å². The van der Waals surface area contributed by atoms with Crippen LogP contribution < -0.4 is 10.1 Å². The van der Waals surface area contributed by atoms with Gasteiger partial charge in [0, 0.05) is 25.6 Å². The first-order valence-electron chi connectivity index (χ1n) is 6.84. The predicted molar refractivity (Wildman–Crippen MR) is 74.4 cm³/mol. The van der Waals surface area contributed by atoms with Gasteiger partial charge < -0.3 is 19.9 Å². The van der Waals surface area contributed by atoms with Crippen LogP contribution in [0, 0.1) is 0 Å². The molecule has 1 aliphatic rings. The Bertz CT molecular complexity index is 385. The van der Waals surface area contributed by atoms with Gasteiger partial charge in [0.1, 0.15) is 11.4 Å². The van der Waals surface area contributed by atoms with Gasteiger partial charge in [0.25, 0.3) is 0 Å². The number of hydrogen-bond donors (Lipinski definition) is 2. The number of nitrogens with one attached hydrogen (secondary N) is 1. The monoisotopic (exact) mass is 265 g/mol. The third-order valence-corrected chi connectivity index (χ3v) is 3.69. The minimum Gasteiger partial charge on any atom is -0.497 e. The van der Waals surface area contributed by atoms with Gasteiger partial charge in [-0.15, -0.1) is 0 Å². The highest BCUT2D eigenvalue weighted by atomic mass is 16.5. The average Bonchev–Trinajstić information content (AvgIpc) is 2.87. The van der Waals surface area contributed by atoms with Crippen molar-refractivity contribution in [2.75, 3.05) is 26.9 Å². The maximum absolute atomic E-state index is 10.3. The Kier molecular flexibility index (Phi) is 4.80. The summed E-state index contributed by atoms with van der Waals surface area (Å²) in [5.41, 5.74) is 0.505. The van der Waals surface area contributed by atoms with Crippen LogP contribution >= 0.6 is 0 Å². The molecular weight excluding hydrogens is 242 g/mol. The van der Waals surface area contributed by atoms with Gasteiger partial charge >= 0.3 is 0 Å². The van der Waals surface area contributed by atoms with Crippen LogP contribution in [0.2, 0.25) is 0 Å². The van der Waals surface area contributed by atoms with E-state index in [1.165, 1.54) is 5.56 Å². The minimum atomic E-state index is -0.708. The van der Waals surface area contributed by atoms with Gasteiger partial charge in [-0.05, 0) is 24.1 Å². The lowest BCUT2D eigenvalue weighted by molar-refractivity contribution is 0.0246. The maximum atomic E-state index is 10.3. The molecule has 0 radical (unpaired) electrons. The zero-order chi connectivity index (χ0) is 13.7. The van der Waals surface area contributed by atoms with E-state index < -0.39 is 5.60 Å². The van der Waals surface area contributed by atoms with E-state index in [9.17, 15) is 5.11 Å². The lowest BCUT2D eigenvalue weighted by atomic mass is 10.0. The Labute approximate surface area is 114 Å². The van der Waals surface area contributed by atoms with Crippen molar-refractivity contribution >= 4 is 0 Å². The van der Waals surface area contributed by atoms with E-state index in [0.29, 0.717) is 26.2 Å². The van der Waals surface area contributed by atoms with E-state index in [1.54, 1.807) is 7.11 Å². The second-order valence-electron chi connectivity index (χ2n) is 5.14. The first-order chi connectivity index (χ1) is 9.17. The molecule has 0 aliphatic carbocycles. The third-order valence-electron chi connectivity index (χ3n) is 3.69. The Morgan fingerprint density at radius 2 is 2.16 bits per heavy atom. The number of rotatable bonds is 6. The van der Waals surface area contributed by atoms with E-state index >= 15 is 0 Å². The van der Waals surface area contributed by atoms with Crippen molar-refractivity contribution in [3.63, 3.8) is 0 Å². The summed E-state index contributed by atoms with van der Waals surface area (Å²) < 4.78 is 10.4. The molecule has 106 valence electrons. The van der Waals surface area contributed by atoms with Crippen molar-refractivity contribution in [3.8, 4) is 5.75 Å².